The molecule has 1 N–H and O–H groups in total. The van der Waals surface area contributed by atoms with Crippen LogP contribution in [0, 0.1) is 0 Å². The number of nitrogens with zero attached hydrogens (tertiary/aromatic N) is 2. The zero-order valence-electron chi connectivity index (χ0n) is 9.51. The van der Waals surface area contributed by atoms with Crippen molar-refractivity contribution in [2.24, 2.45) is 7.05 Å². The second kappa shape index (κ2) is 5.41. The second-order valence-electron chi connectivity index (χ2n) is 3.54. The number of hydrogen-bond donors (Lipinski definition) is 1. The highest BCUT2D eigenvalue weighted by atomic mass is 28.4. The van der Waals surface area contributed by atoms with E-state index in [9.17, 15) is 4.80 Å². The van der Waals surface area contributed by atoms with E-state index < -0.39 is 8.80 Å². The van der Waals surface area contributed by atoms with Gasteiger partial charge in [-0.1, -0.05) is 0 Å². The molecule has 1 aromatic rings. The maximum absolute atomic E-state index is 9.79. The van der Waals surface area contributed by atoms with Crippen LogP contribution in [0.4, 0.5) is 0 Å². The molecular weight excluding hydrogens is 212 g/mol. The maximum Gasteiger partial charge on any atom is 0.497 e. The Bertz CT molecular complexity index is 299. The summed E-state index contributed by atoms with van der Waals surface area (Å²) < 4.78 is 14.0. The first-order chi connectivity index (χ1) is 7.09. The van der Waals surface area contributed by atoms with Crippen molar-refractivity contribution in [3.63, 3.8) is 0 Å². The van der Waals surface area contributed by atoms with Gasteiger partial charge in [-0.15, -0.1) is 0 Å². The summed E-state index contributed by atoms with van der Waals surface area (Å²) in [4.78, 5) is 9.79. The third-order valence-corrected chi connectivity index (χ3v) is 4.63. The van der Waals surface area contributed by atoms with Crippen LogP contribution in [0.1, 0.15) is 6.42 Å². The molecule has 0 fully saturated rings. The molecule has 0 aromatic carbocycles. The van der Waals surface area contributed by atoms with Crippen molar-refractivity contribution in [1.82, 2.24) is 4.57 Å². The molecule has 0 radical (unpaired) electrons. The maximum atomic E-state index is 9.79. The summed E-state index contributed by atoms with van der Waals surface area (Å²) in [6, 6.07) is 0.585. The van der Waals surface area contributed by atoms with E-state index in [-0.39, 0.29) is 0 Å². The fraction of sp³-hybridized carbons (Fsp3) is 0.667. The summed E-state index contributed by atoms with van der Waals surface area (Å²) >= 11 is 0. The Morgan fingerprint density at radius 1 is 1.40 bits per heavy atom. The first-order valence-corrected chi connectivity index (χ1v) is 6.90. The molecule has 1 heterocycles. The summed E-state index contributed by atoms with van der Waals surface area (Å²) in [5.41, 5.74) is 0. The molecule has 0 aliphatic heterocycles. The molecule has 0 aliphatic carbocycles. The van der Waals surface area contributed by atoms with Gasteiger partial charge in [-0.05, 0) is 6.42 Å². The molecule has 6 heteroatoms. The zero-order valence-corrected chi connectivity index (χ0v) is 10.5. The van der Waals surface area contributed by atoms with E-state index in [1.807, 2.05) is 30.3 Å². The third kappa shape index (κ3) is 3.75. The zero-order chi connectivity index (χ0) is 11.3. The minimum Gasteiger partial charge on any atom is -0.390 e. The lowest BCUT2D eigenvalue weighted by Gasteiger charge is -2.18. The average Bonchev–Trinajstić information content (AvgIpc) is 2.64. The van der Waals surface area contributed by atoms with Gasteiger partial charge in [0, 0.05) is 20.3 Å². The van der Waals surface area contributed by atoms with Gasteiger partial charge in [-0.2, -0.15) is 0 Å². The minimum atomic E-state index is -2.86. The standard InChI is InChI=1S/C9H19N2O3Si/c1-10-6-7-11(9-10)5-4-8-15(12,13-2)14-3/h6-7,9,12H,4-5,8H2,1-3H3/q+1. The van der Waals surface area contributed by atoms with E-state index in [0.29, 0.717) is 6.04 Å². The van der Waals surface area contributed by atoms with Crippen molar-refractivity contribution in [3.8, 4) is 0 Å². The average molecular weight is 231 g/mol. The molecule has 0 spiro atoms. The largest absolute Gasteiger partial charge is 0.497 e. The molecule has 0 saturated carbocycles. The monoisotopic (exact) mass is 231 g/mol. The first-order valence-electron chi connectivity index (χ1n) is 4.93. The molecule has 0 amide bonds. The summed E-state index contributed by atoms with van der Waals surface area (Å²) in [5.74, 6) is 0. The summed E-state index contributed by atoms with van der Waals surface area (Å²) in [5, 5.41) is 0. The van der Waals surface area contributed by atoms with Crippen molar-refractivity contribution < 1.29 is 18.2 Å². The van der Waals surface area contributed by atoms with Crippen molar-refractivity contribution in [3.05, 3.63) is 18.7 Å². The van der Waals surface area contributed by atoms with Gasteiger partial charge in [0.25, 0.3) is 0 Å². The quantitative estimate of drug-likeness (QED) is 0.550. The Kier molecular flexibility index (Phi) is 4.46. The molecule has 1 rings (SSSR count). The third-order valence-electron chi connectivity index (χ3n) is 2.37. The van der Waals surface area contributed by atoms with Gasteiger partial charge in [0.05, 0.1) is 13.6 Å². The molecule has 5 nitrogen and oxygen atoms in total. The van der Waals surface area contributed by atoms with Crippen molar-refractivity contribution in [1.29, 1.82) is 0 Å². The lowest BCUT2D eigenvalue weighted by Crippen LogP contribution is -2.40. The highest BCUT2D eigenvalue weighted by Gasteiger charge is 2.33. The van der Waals surface area contributed by atoms with Gasteiger partial charge in [-0.3, -0.25) is 0 Å². The van der Waals surface area contributed by atoms with Crippen molar-refractivity contribution in [2.75, 3.05) is 14.2 Å². The first kappa shape index (κ1) is 12.4. The highest BCUT2D eigenvalue weighted by Crippen LogP contribution is 2.10. The lowest BCUT2D eigenvalue weighted by molar-refractivity contribution is -0.671. The fourth-order valence-electron chi connectivity index (χ4n) is 1.41. The summed E-state index contributed by atoms with van der Waals surface area (Å²) in [6.45, 7) is 0.864. The van der Waals surface area contributed by atoms with Crippen LogP contribution in [0.5, 0.6) is 0 Å². The van der Waals surface area contributed by atoms with E-state index in [2.05, 4.69) is 4.57 Å². The van der Waals surface area contributed by atoms with Crippen LogP contribution in [-0.4, -0.2) is 32.4 Å². The molecule has 15 heavy (non-hydrogen) atoms. The van der Waals surface area contributed by atoms with Crippen LogP contribution in [0.3, 0.4) is 0 Å². The Balaban J connectivity index is 2.32. The smallest absolute Gasteiger partial charge is 0.390 e. The minimum absolute atomic E-state index is 0.585. The number of aromatic nitrogens is 2. The van der Waals surface area contributed by atoms with Gasteiger partial charge < -0.3 is 13.6 Å². The van der Waals surface area contributed by atoms with E-state index in [4.69, 9.17) is 8.85 Å². The number of rotatable bonds is 6. The molecule has 0 aliphatic rings. The van der Waals surface area contributed by atoms with Crippen LogP contribution in [-0.2, 0) is 22.4 Å². The predicted molar refractivity (Wildman–Crippen MR) is 57.0 cm³/mol. The van der Waals surface area contributed by atoms with Gasteiger partial charge in [0.15, 0.2) is 0 Å². The van der Waals surface area contributed by atoms with Gasteiger partial charge in [0.2, 0.25) is 6.33 Å². The number of aryl methyl sites for hydroxylation is 2. The van der Waals surface area contributed by atoms with E-state index in [0.717, 1.165) is 13.0 Å². The molecule has 1 aromatic heterocycles. The number of imidazole rings is 1. The van der Waals surface area contributed by atoms with Crippen LogP contribution >= 0.6 is 0 Å². The van der Waals surface area contributed by atoms with Gasteiger partial charge in [0.1, 0.15) is 12.4 Å². The Morgan fingerprint density at radius 3 is 2.53 bits per heavy atom. The van der Waals surface area contributed by atoms with Crippen LogP contribution in [0.25, 0.3) is 0 Å². The molecule has 0 atom stereocenters. The topological polar surface area (TPSA) is 47.5 Å². The summed E-state index contributed by atoms with van der Waals surface area (Å²) in [7, 11) is 2.10. The molecule has 86 valence electrons. The molecule has 0 saturated heterocycles. The molecule has 0 bridgehead atoms. The van der Waals surface area contributed by atoms with E-state index in [1.165, 1.54) is 14.2 Å². The lowest BCUT2D eigenvalue weighted by atomic mass is 10.5. The highest BCUT2D eigenvalue weighted by molar-refractivity contribution is 6.59. The Hall–Kier alpha value is -0.693. The predicted octanol–water partition coefficient (Wildman–Crippen LogP) is -0.0733. The second-order valence-corrected chi connectivity index (χ2v) is 6.28. The van der Waals surface area contributed by atoms with Crippen LogP contribution in [0.2, 0.25) is 6.04 Å². The van der Waals surface area contributed by atoms with Gasteiger partial charge >= 0.3 is 8.80 Å². The van der Waals surface area contributed by atoms with E-state index >= 15 is 0 Å². The van der Waals surface area contributed by atoms with Crippen molar-refractivity contribution in [2.45, 2.75) is 19.0 Å². The van der Waals surface area contributed by atoms with Crippen LogP contribution < -0.4 is 4.57 Å². The van der Waals surface area contributed by atoms with Crippen LogP contribution in [0.15, 0.2) is 18.7 Å². The van der Waals surface area contributed by atoms with E-state index in [1.54, 1.807) is 0 Å². The Morgan fingerprint density at radius 2 is 2.07 bits per heavy atom. The fourth-order valence-corrected chi connectivity index (χ4v) is 2.59. The number of hydrogen-bond acceptors (Lipinski definition) is 3. The summed E-state index contributed by atoms with van der Waals surface area (Å²) in [6.07, 6.45) is 6.83. The normalized spacial score (nSPS) is 12.0. The van der Waals surface area contributed by atoms with Gasteiger partial charge in [-0.25, -0.2) is 9.13 Å². The van der Waals surface area contributed by atoms with Crippen molar-refractivity contribution >= 4 is 8.80 Å². The molecular formula is C9H19N2O3Si+. The Labute approximate surface area is 91.2 Å². The SMILES string of the molecule is CO[Si](O)(CCCn1cc[n+](C)c1)OC. The molecule has 0 unspecified atom stereocenters.